The van der Waals surface area contributed by atoms with Gasteiger partial charge in [-0.2, -0.15) is 43.2 Å². The van der Waals surface area contributed by atoms with Crippen LogP contribution < -0.4 is 19.0 Å². The van der Waals surface area contributed by atoms with Crippen LogP contribution >= 0.6 is 93.5 Å². The van der Waals surface area contributed by atoms with Crippen molar-refractivity contribution in [1.82, 2.24) is 20.6 Å². The number of hydrogen-bond acceptors (Lipinski definition) is 13. The maximum Gasteiger partial charge on any atom is 0.390 e. The average Bonchev–Trinajstić information content (AvgIpc) is 4.08. The molecule has 2 aliphatic rings. The fourth-order valence-corrected chi connectivity index (χ4v) is 13.6. The summed E-state index contributed by atoms with van der Waals surface area (Å²) < 4.78 is 159. The zero-order valence-corrected chi connectivity index (χ0v) is 48.5. The molecule has 2 atom stereocenters. The predicted octanol–water partition coefficient (Wildman–Crippen LogP) is 15.3. The second kappa shape index (κ2) is 26.1. The Kier molecular flexibility index (Phi) is 20.6. The summed E-state index contributed by atoms with van der Waals surface area (Å²) in [5.41, 5.74) is 3.29. The summed E-state index contributed by atoms with van der Waals surface area (Å²) in [5.74, 6) is -5.36. The van der Waals surface area contributed by atoms with Crippen LogP contribution in [0.15, 0.2) is 84.9 Å². The number of aliphatic hydroxyl groups is 1. The molecular formula is C50H44Cl4F8N4O7S6. The Morgan fingerprint density at radius 2 is 1.04 bits per heavy atom. The predicted molar refractivity (Wildman–Crippen MR) is 301 cm³/mol. The number of thiocarbonyl (C=S) groups is 2. The second-order valence-corrected chi connectivity index (χ2v) is 26.0. The molecule has 0 radical (unpaired) electrons. The molecule has 2 aromatic heterocycles. The van der Waals surface area contributed by atoms with Crippen molar-refractivity contribution in [1.29, 1.82) is 0 Å². The topological polar surface area (TPSA) is 157 Å². The molecule has 11 nitrogen and oxygen atoms in total. The Hall–Kier alpha value is -4.02. The number of aromatic nitrogens is 2. The Morgan fingerprint density at radius 3 is 1.43 bits per heavy atom. The summed E-state index contributed by atoms with van der Waals surface area (Å²) in [5, 5.41) is 19.1. The number of aliphatic hydroxyl groups excluding tert-OH is 1. The number of nitrogens with one attached hydrogen (secondary N) is 2. The highest BCUT2D eigenvalue weighted by atomic mass is 35.5. The molecule has 2 saturated carbocycles. The van der Waals surface area contributed by atoms with E-state index >= 15 is 0 Å². The normalized spacial score (nSPS) is 17.1. The molecule has 8 rings (SSSR count). The van der Waals surface area contributed by atoms with Gasteiger partial charge in [-0.3, -0.25) is 0 Å². The van der Waals surface area contributed by atoms with E-state index in [0.717, 1.165) is 19.3 Å². The van der Waals surface area contributed by atoms with Crippen molar-refractivity contribution in [2.45, 2.75) is 101 Å². The van der Waals surface area contributed by atoms with Gasteiger partial charge in [0.05, 0.1) is 67.7 Å². The van der Waals surface area contributed by atoms with Crippen LogP contribution in [-0.2, 0) is 20.2 Å². The number of thiazole rings is 2. The summed E-state index contributed by atoms with van der Waals surface area (Å²) in [4.78, 5) is 11.3. The van der Waals surface area contributed by atoms with Crippen LogP contribution in [0.1, 0.15) is 74.2 Å². The molecule has 426 valence electrons. The first-order chi connectivity index (χ1) is 36.9. The first kappa shape index (κ1) is 62.6. The fourth-order valence-electron chi connectivity index (χ4n) is 8.08. The van der Waals surface area contributed by atoms with E-state index in [-0.39, 0.29) is 54.3 Å². The van der Waals surface area contributed by atoms with Crippen molar-refractivity contribution in [2.24, 2.45) is 0 Å². The summed E-state index contributed by atoms with van der Waals surface area (Å²) in [6.07, 6.45) is -9.35. The number of halogens is 12. The number of nitrogens with zero attached hydrogens (tertiary/aromatic N) is 2. The van der Waals surface area contributed by atoms with Crippen LogP contribution in [0.2, 0.25) is 20.1 Å². The zero-order valence-electron chi connectivity index (χ0n) is 40.6. The SMILES string of the molecule is O=S(=O)(CCC(F)(F)F)Oc1ccc(-c2sc(C(=S)NC3CCC(F)(F)CC3)nc2-c2ccc(Cl)cc2Cl)cc1.O=S(=O)(CCC(F)(F)F)Oc1ccc(-c2sc(C(=S)NC3CCCCC3O)nc2-c2ccc(Cl)cc2Cl)cc1. The molecule has 29 heteroatoms. The van der Waals surface area contributed by atoms with Crippen LogP contribution in [0.5, 0.6) is 11.5 Å². The van der Waals surface area contributed by atoms with Crippen molar-refractivity contribution in [3.63, 3.8) is 0 Å². The zero-order chi connectivity index (χ0) is 57.7. The minimum Gasteiger partial charge on any atom is -0.391 e. The third-order valence-electron chi connectivity index (χ3n) is 12.1. The van der Waals surface area contributed by atoms with Gasteiger partial charge in [0.1, 0.15) is 21.5 Å². The van der Waals surface area contributed by atoms with E-state index < -0.39 is 69.0 Å². The molecular weight excluding hydrogens is 1250 g/mol. The van der Waals surface area contributed by atoms with Crippen molar-refractivity contribution >= 4 is 124 Å². The summed E-state index contributed by atoms with van der Waals surface area (Å²) in [6, 6.07) is 20.9. The number of rotatable bonds is 16. The van der Waals surface area contributed by atoms with E-state index in [2.05, 4.69) is 15.6 Å². The van der Waals surface area contributed by atoms with E-state index in [1.807, 2.05) is 0 Å². The number of alkyl halides is 8. The lowest BCUT2D eigenvalue weighted by molar-refractivity contribution is -0.130. The van der Waals surface area contributed by atoms with Gasteiger partial charge in [0.2, 0.25) is 5.92 Å². The minimum absolute atomic E-state index is 0.125. The van der Waals surface area contributed by atoms with E-state index in [9.17, 15) is 57.1 Å². The molecule has 0 aliphatic heterocycles. The van der Waals surface area contributed by atoms with Gasteiger partial charge in [-0.1, -0.05) is 83.7 Å². The first-order valence-electron chi connectivity index (χ1n) is 23.7. The third-order valence-corrected chi connectivity index (χ3v) is 18.6. The highest BCUT2D eigenvalue weighted by Gasteiger charge is 2.36. The maximum absolute atomic E-state index is 13.6. The van der Waals surface area contributed by atoms with E-state index in [1.54, 1.807) is 48.5 Å². The number of hydrogen-bond donors (Lipinski definition) is 3. The molecule has 79 heavy (non-hydrogen) atoms. The molecule has 4 aromatic carbocycles. The highest BCUT2D eigenvalue weighted by Crippen LogP contribution is 2.43. The molecule has 0 spiro atoms. The maximum atomic E-state index is 13.6. The van der Waals surface area contributed by atoms with Crippen molar-refractivity contribution < 1.29 is 65.4 Å². The van der Waals surface area contributed by atoms with Gasteiger partial charge in [0.15, 0.2) is 10.0 Å². The van der Waals surface area contributed by atoms with Crippen molar-refractivity contribution in [3.8, 4) is 54.9 Å². The van der Waals surface area contributed by atoms with E-state index in [4.69, 9.17) is 84.2 Å². The molecule has 3 N–H and O–H groups in total. The van der Waals surface area contributed by atoms with Crippen LogP contribution in [0.4, 0.5) is 35.1 Å². The Labute approximate surface area is 488 Å². The highest BCUT2D eigenvalue weighted by molar-refractivity contribution is 7.87. The molecule has 2 unspecified atom stereocenters. The van der Waals surface area contributed by atoms with Gasteiger partial charge in [0, 0.05) is 40.1 Å². The second-order valence-electron chi connectivity index (χ2n) is 18.1. The molecule has 0 saturated heterocycles. The standard InChI is InChI=1S/C25H21Cl2F5N2O3S3.C25H23Cl2F3N2O4S3/c26-15-3-6-18(19(27)13-15)20-21(39-23(34-20)22(38)33-16-7-9-24(28,29)10-8-16)14-1-4-17(5-2-14)37-40(35,36)12-11-25(30,31)32;26-15-7-10-17(18(27)13-15)21-22(38-24(32-21)23(37)31-19-3-1-2-4-20(19)33)14-5-8-16(9-6-14)36-39(34,35)12-11-25(28,29)30/h1-6,13,16H,7-12H2,(H,33,38);5-10,13,19-20,33H,1-4,11-12H2,(H,31,37). The molecule has 0 amide bonds. The largest absolute Gasteiger partial charge is 0.391 e. The Bertz CT molecular complexity index is 3380. The third kappa shape index (κ3) is 18.2. The van der Waals surface area contributed by atoms with Gasteiger partial charge < -0.3 is 24.1 Å². The Balaban J connectivity index is 0.000000229. The molecule has 2 fully saturated rings. The Morgan fingerprint density at radius 1 is 0.633 bits per heavy atom. The van der Waals surface area contributed by atoms with Crippen molar-refractivity contribution in [3.05, 3.63) is 115 Å². The lowest BCUT2D eigenvalue weighted by Gasteiger charge is -2.29. The van der Waals surface area contributed by atoms with Crippen LogP contribution in [0, 0.1) is 0 Å². The molecule has 2 heterocycles. The number of benzene rings is 4. The van der Waals surface area contributed by atoms with Gasteiger partial charge in [-0.05, 0) is 122 Å². The van der Waals surface area contributed by atoms with Gasteiger partial charge in [0.25, 0.3) is 0 Å². The molecule has 2 aliphatic carbocycles. The quantitative estimate of drug-likeness (QED) is 0.0478. The van der Waals surface area contributed by atoms with Crippen LogP contribution in [-0.4, -0.2) is 89.9 Å². The van der Waals surface area contributed by atoms with Gasteiger partial charge >= 0.3 is 32.6 Å². The van der Waals surface area contributed by atoms with Gasteiger partial charge in [-0.25, -0.2) is 18.7 Å². The van der Waals surface area contributed by atoms with Crippen LogP contribution in [0.3, 0.4) is 0 Å². The van der Waals surface area contributed by atoms with E-state index in [0.29, 0.717) is 84.9 Å². The monoisotopic (exact) mass is 1300 g/mol. The fraction of sp³-hybridized carbons (Fsp3) is 0.360. The summed E-state index contributed by atoms with van der Waals surface area (Å²) in [6.45, 7) is 0. The van der Waals surface area contributed by atoms with Crippen LogP contribution in [0.25, 0.3) is 43.4 Å². The van der Waals surface area contributed by atoms with E-state index in [1.165, 1.54) is 59.1 Å². The van der Waals surface area contributed by atoms with Crippen molar-refractivity contribution in [2.75, 3.05) is 11.5 Å². The molecule has 6 aromatic rings. The lowest BCUT2D eigenvalue weighted by atomic mass is 9.92. The first-order valence-corrected chi connectivity index (χ1v) is 30.8. The molecule has 0 bridgehead atoms. The summed E-state index contributed by atoms with van der Waals surface area (Å²) >= 11 is 38.7. The van der Waals surface area contributed by atoms with Gasteiger partial charge in [-0.15, -0.1) is 22.7 Å². The minimum atomic E-state index is -4.64. The average molecular weight is 1300 g/mol. The lowest BCUT2D eigenvalue weighted by Crippen LogP contribution is -2.44. The summed E-state index contributed by atoms with van der Waals surface area (Å²) in [7, 11) is -8.90. The smallest absolute Gasteiger partial charge is 0.390 e.